The first kappa shape index (κ1) is 17.2. The lowest BCUT2D eigenvalue weighted by molar-refractivity contribution is 0.0527. The number of rotatable bonds is 5. The minimum atomic E-state index is -0.417. The Morgan fingerprint density at radius 1 is 1.20 bits per heavy atom. The Kier molecular flexibility index (Phi) is 5.19. The summed E-state index contributed by atoms with van der Waals surface area (Å²) in [6.45, 7) is 2.07. The van der Waals surface area contributed by atoms with Gasteiger partial charge in [0.2, 0.25) is 0 Å². The van der Waals surface area contributed by atoms with Crippen LogP contribution in [0.5, 0.6) is 5.75 Å². The number of anilines is 2. The maximum atomic E-state index is 12.4. The normalized spacial score (nSPS) is 10.5. The van der Waals surface area contributed by atoms with Crippen LogP contribution in [0.1, 0.15) is 17.3 Å². The molecule has 0 saturated carbocycles. The van der Waals surface area contributed by atoms with E-state index in [0.717, 1.165) is 21.1 Å². The molecule has 0 radical (unpaired) electrons. The van der Waals surface area contributed by atoms with Gasteiger partial charge in [-0.15, -0.1) is 0 Å². The fourth-order valence-corrected chi connectivity index (χ4v) is 2.74. The van der Waals surface area contributed by atoms with Crippen LogP contribution in [0, 0.1) is 0 Å². The Hall–Kier alpha value is -2.60. The minimum Gasteiger partial charge on any atom is -0.497 e. The number of halogens is 1. The lowest BCUT2D eigenvalue weighted by Crippen LogP contribution is -2.09. The largest absolute Gasteiger partial charge is 0.497 e. The van der Waals surface area contributed by atoms with E-state index in [-0.39, 0.29) is 0 Å². The van der Waals surface area contributed by atoms with Gasteiger partial charge >= 0.3 is 5.97 Å². The van der Waals surface area contributed by atoms with Crippen molar-refractivity contribution < 1.29 is 14.3 Å². The van der Waals surface area contributed by atoms with E-state index in [2.05, 4.69) is 26.2 Å². The van der Waals surface area contributed by atoms with Crippen LogP contribution >= 0.6 is 15.9 Å². The number of pyridine rings is 1. The number of aromatic nitrogens is 1. The molecule has 3 rings (SSSR count). The van der Waals surface area contributed by atoms with Crippen LogP contribution in [0.3, 0.4) is 0 Å². The van der Waals surface area contributed by atoms with Crippen molar-refractivity contribution in [1.82, 2.24) is 4.98 Å². The van der Waals surface area contributed by atoms with E-state index in [1.807, 2.05) is 42.5 Å². The van der Waals surface area contributed by atoms with Gasteiger partial charge in [-0.05, 0) is 49.4 Å². The van der Waals surface area contributed by atoms with Crippen molar-refractivity contribution in [3.05, 3.63) is 58.7 Å². The number of carbonyl (C=O) groups is 1. The van der Waals surface area contributed by atoms with Gasteiger partial charge in [0, 0.05) is 21.7 Å². The summed E-state index contributed by atoms with van der Waals surface area (Å²) in [5, 5.41) is 4.10. The van der Waals surface area contributed by atoms with Crippen molar-refractivity contribution in [2.75, 3.05) is 19.0 Å². The van der Waals surface area contributed by atoms with Crippen molar-refractivity contribution >= 4 is 44.2 Å². The van der Waals surface area contributed by atoms with Crippen LogP contribution in [-0.4, -0.2) is 24.7 Å². The van der Waals surface area contributed by atoms with E-state index in [1.54, 1.807) is 14.0 Å². The highest BCUT2D eigenvalue weighted by molar-refractivity contribution is 9.10. The van der Waals surface area contributed by atoms with Gasteiger partial charge in [-0.3, -0.25) is 4.98 Å². The standard InChI is InChI=1S/C19H17BrN2O3/c1-3-25-19(23)16-11-21-17-9-8-14(24-2)10-15(17)18(16)22-13-6-4-12(20)5-7-13/h4-11H,3H2,1-2H3,(H,21,22). The number of carbonyl (C=O) groups excluding carboxylic acids is 1. The maximum Gasteiger partial charge on any atom is 0.341 e. The Morgan fingerprint density at radius 3 is 2.64 bits per heavy atom. The second kappa shape index (κ2) is 7.53. The van der Waals surface area contributed by atoms with E-state index in [4.69, 9.17) is 9.47 Å². The molecule has 5 nitrogen and oxygen atoms in total. The SMILES string of the molecule is CCOC(=O)c1cnc2ccc(OC)cc2c1Nc1ccc(Br)cc1. The second-order valence-corrected chi connectivity index (χ2v) is 6.20. The minimum absolute atomic E-state index is 0.298. The third-order valence-electron chi connectivity index (χ3n) is 3.68. The van der Waals surface area contributed by atoms with E-state index < -0.39 is 5.97 Å². The Bertz CT molecular complexity index is 910. The highest BCUT2D eigenvalue weighted by Gasteiger charge is 2.17. The number of benzene rings is 2. The maximum absolute atomic E-state index is 12.4. The van der Waals surface area contributed by atoms with Crippen LogP contribution in [-0.2, 0) is 4.74 Å². The summed E-state index contributed by atoms with van der Waals surface area (Å²) in [6.07, 6.45) is 1.54. The zero-order valence-corrected chi connectivity index (χ0v) is 15.5. The van der Waals surface area contributed by atoms with Gasteiger partial charge in [-0.2, -0.15) is 0 Å². The van der Waals surface area contributed by atoms with Crippen molar-refractivity contribution in [2.24, 2.45) is 0 Å². The Balaban J connectivity index is 2.16. The summed E-state index contributed by atoms with van der Waals surface area (Å²) in [4.78, 5) is 16.7. The van der Waals surface area contributed by atoms with Gasteiger partial charge in [-0.25, -0.2) is 4.79 Å². The molecule has 0 saturated heterocycles. The molecule has 0 aliphatic heterocycles. The van der Waals surface area contributed by atoms with E-state index in [9.17, 15) is 4.79 Å². The summed E-state index contributed by atoms with van der Waals surface area (Å²) in [5.74, 6) is 0.272. The number of methoxy groups -OCH3 is 1. The van der Waals surface area contributed by atoms with Gasteiger partial charge in [0.15, 0.2) is 0 Å². The molecular weight excluding hydrogens is 384 g/mol. The fraction of sp³-hybridized carbons (Fsp3) is 0.158. The topological polar surface area (TPSA) is 60.5 Å². The van der Waals surface area contributed by atoms with E-state index in [1.165, 1.54) is 6.20 Å². The number of ether oxygens (including phenoxy) is 2. The van der Waals surface area contributed by atoms with Crippen molar-refractivity contribution in [3.8, 4) is 5.75 Å². The molecular formula is C19H17BrN2O3. The summed E-state index contributed by atoms with van der Waals surface area (Å²) in [7, 11) is 1.60. The number of hydrogen-bond donors (Lipinski definition) is 1. The third kappa shape index (κ3) is 3.74. The van der Waals surface area contributed by atoms with Gasteiger partial charge < -0.3 is 14.8 Å². The first-order chi connectivity index (χ1) is 12.1. The second-order valence-electron chi connectivity index (χ2n) is 5.28. The van der Waals surface area contributed by atoms with Crippen molar-refractivity contribution in [1.29, 1.82) is 0 Å². The molecule has 6 heteroatoms. The van der Waals surface area contributed by atoms with E-state index >= 15 is 0 Å². The molecule has 0 bridgehead atoms. The molecule has 25 heavy (non-hydrogen) atoms. The average Bonchev–Trinajstić information content (AvgIpc) is 2.63. The summed E-state index contributed by atoms with van der Waals surface area (Å²) in [6, 6.07) is 13.2. The first-order valence-electron chi connectivity index (χ1n) is 7.79. The molecule has 0 fully saturated rings. The summed E-state index contributed by atoms with van der Waals surface area (Å²) >= 11 is 3.42. The van der Waals surface area contributed by atoms with Crippen LogP contribution in [0.2, 0.25) is 0 Å². The molecule has 1 aromatic heterocycles. The number of fused-ring (bicyclic) bond motifs is 1. The molecule has 0 aliphatic rings. The summed E-state index contributed by atoms with van der Waals surface area (Å²) < 4.78 is 11.5. The smallest absolute Gasteiger partial charge is 0.341 e. The number of esters is 1. The zero-order valence-electron chi connectivity index (χ0n) is 13.9. The molecule has 1 heterocycles. The molecule has 0 spiro atoms. The first-order valence-corrected chi connectivity index (χ1v) is 8.58. The molecule has 2 aromatic carbocycles. The molecule has 0 atom stereocenters. The predicted octanol–water partition coefficient (Wildman–Crippen LogP) is 4.93. The summed E-state index contributed by atoms with van der Waals surface area (Å²) in [5.41, 5.74) is 2.63. The van der Waals surface area contributed by atoms with Crippen LogP contribution in [0.15, 0.2) is 53.1 Å². The number of nitrogens with zero attached hydrogens (tertiary/aromatic N) is 1. The zero-order chi connectivity index (χ0) is 17.8. The number of hydrogen-bond acceptors (Lipinski definition) is 5. The molecule has 0 unspecified atom stereocenters. The third-order valence-corrected chi connectivity index (χ3v) is 4.21. The Labute approximate surface area is 154 Å². The lowest BCUT2D eigenvalue weighted by Gasteiger charge is -2.15. The van der Waals surface area contributed by atoms with Crippen molar-refractivity contribution in [2.45, 2.75) is 6.92 Å². The van der Waals surface area contributed by atoms with Gasteiger partial charge in [0.1, 0.15) is 11.3 Å². The highest BCUT2D eigenvalue weighted by Crippen LogP contribution is 2.32. The molecule has 1 N–H and O–H groups in total. The molecule has 0 aliphatic carbocycles. The van der Waals surface area contributed by atoms with Crippen LogP contribution < -0.4 is 10.1 Å². The lowest BCUT2D eigenvalue weighted by atomic mass is 10.1. The van der Waals surface area contributed by atoms with E-state index in [0.29, 0.717) is 23.6 Å². The molecule has 128 valence electrons. The molecule has 3 aromatic rings. The Morgan fingerprint density at radius 2 is 1.96 bits per heavy atom. The number of nitrogens with one attached hydrogen (secondary N) is 1. The quantitative estimate of drug-likeness (QED) is 0.615. The van der Waals surface area contributed by atoms with Gasteiger partial charge in [0.05, 0.1) is 24.9 Å². The van der Waals surface area contributed by atoms with Crippen molar-refractivity contribution in [3.63, 3.8) is 0 Å². The van der Waals surface area contributed by atoms with Gasteiger partial charge in [0.25, 0.3) is 0 Å². The molecule has 0 amide bonds. The fourth-order valence-electron chi connectivity index (χ4n) is 2.47. The van der Waals surface area contributed by atoms with Crippen LogP contribution in [0.25, 0.3) is 10.9 Å². The highest BCUT2D eigenvalue weighted by atomic mass is 79.9. The monoisotopic (exact) mass is 400 g/mol. The average molecular weight is 401 g/mol. The van der Waals surface area contributed by atoms with Gasteiger partial charge in [-0.1, -0.05) is 15.9 Å². The van der Waals surface area contributed by atoms with Crippen LogP contribution in [0.4, 0.5) is 11.4 Å². The predicted molar refractivity (Wildman–Crippen MR) is 102 cm³/mol.